The van der Waals surface area contributed by atoms with Crippen LogP contribution >= 0.6 is 11.6 Å². The molecule has 4 aliphatic heterocycles. The number of nitrogens with zero attached hydrogens (tertiary/aromatic N) is 7. The van der Waals surface area contributed by atoms with E-state index in [4.69, 9.17) is 26.3 Å². The highest BCUT2D eigenvalue weighted by atomic mass is 35.5. The normalized spacial score (nSPS) is 24.4. The second kappa shape index (κ2) is 9.74. The number of likely N-dealkylation sites (tertiary alicyclic amines) is 1. The zero-order valence-electron chi connectivity index (χ0n) is 23.2. The summed E-state index contributed by atoms with van der Waals surface area (Å²) in [6, 6.07) is 4.19. The van der Waals surface area contributed by atoms with Crippen molar-refractivity contribution in [2.75, 3.05) is 51.3 Å². The van der Waals surface area contributed by atoms with Crippen LogP contribution in [0.2, 0.25) is 5.02 Å². The lowest BCUT2D eigenvalue weighted by Gasteiger charge is -2.38. The van der Waals surface area contributed by atoms with Gasteiger partial charge in [0.15, 0.2) is 5.82 Å². The van der Waals surface area contributed by atoms with Crippen molar-refractivity contribution in [1.82, 2.24) is 34.9 Å². The van der Waals surface area contributed by atoms with Crippen molar-refractivity contribution in [2.24, 2.45) is 5.92 Å². The Morgan fingerprint density at radius 3 is 2.76 bits per heavy atom. The molecule has 4 aliphatic rings. The Labute approximate surface area is 243 Å². The van der Waals surface area contributed by atoms with Crippen LogP contribution in [0, 0.1) is 11.7 Å². The van der Waals surface area contributed by atoms with Crippen molar-refractivity contribution in [2.45, 2.75) is 50.1 Å². The maximum absolute atomic E-state index is 16.6. The highest BCUT2D eigenvalue weighted by molar-refractivity contribution is 6.31. The molecule has 2 unspecified atom stereocenters. The van der Waals surface area contributed by atoms with E-state index >= 15 is 4.39 Å². The Balaban J connectivity index is 1.23. The number of piperidine rings is 1. The van der Waals surface area contributed by atoms with Crippen LogP contribution in [-0.2, 0) is 0 Å². The maximum atomic E-state index is 16.6. The van der Waals surface area contributed by atoms with Gasteiger partial charge in [-0.1, -0.05) is 11.6 Å². The van der Waals surface area contributed by atoms with E-state index in [9.17, 15) is 0 Å². The number of hydrogen-bond donors (Lipinski definition) is 1. The molecule has 7 heterocycles. The number of anilines is 1. The number of likely N-dealkylation sites (N-methyl/N-ethyl adjacent to an activating group) is 1. The molecule has 0 spiro atoms. The van der Waals surface area contributed by atoms with Crippen molar-refractivity contribution in [3.05, 3.63) is 35.4 Å². The number of hydrogen-bond acceptors (Lipinski definition) is 8. The van der Waals surface area contributed by atoms with Crippen LogP contribution in [0.3, 0.4) is 0 Å². The first-order valence-corrected chi connectivity index (χ1v) is 15.2. The van der Waals surface area contributed by atoms with Gasteiger partial charge in [0.2, 0.25) is 0 Å². The lowest BCUT2D eigenvalue weighted by Crippen LogP contribution is -2.47. The third kappa shape index (κ3) is 4.17. The van der Waals surface area contributed by atoms with E-state index in [1.165, 1.54) is 19.3 Å². The second-order valence-electron chi connectivity index (χ2n) is 12.3. The quantitative estimate of drug-likeness (QED) is 0.359. The van der Waals surface area contributed by atoms with Gasteiger partial charge >= 0.3 is 6.01 Å². The van der Waals surface area contributed by atoms with Gasteiger partial charge in [0.1, 0.15) is 23.6 Å². The minimum atomic E-state index is -0.504. The lowest BCUT2D eigenvalue weighted by atomic mass is 9.92. The highest BCUT2D eigenvalue weighted by Gasteiger charge is 2.45. The Hall–Kier alpha value is -3.08. The van der Waals surface area contributed by atoms with Crippen LogP contribution in [0.15, 0.2) is 24.5 Å². The number of fused-ring (bicyclic) bond motifs is 4. The van der Waals surface area contributed by atoms with Gasteiger partial charge in [-0.05, 0) is 83.3 Å². The Kier molecular flexibility index (Phi) is 6.09. The summed E-state index contributed by atoms with van der Waals surface area (Å²) < 4.78 is 23.0. The number of rotatable bonds is 5. The molecular formula is C30H34ClFN8O. The standard InChI is InChI=1S/C30H34ClFN8O/c1-38-10-4-18-5-11-39(16-24(18)38)28-22-14-33-26(20-12-19(31)13-23-21(20)15-34-37-23)25(32)27(22)35-29(36-28)41-17-30-6-2-8-40(30)9-3-7-30/h12-15,18,24H,2-11,16-17H2,1H3,(H,34,37). The molecule has 0 saturated carbocycles. The fraction of sp³-hybridized carbons (Fsp3) is 0.533. The molecule has 4 saturated heterocycles. The predicted octanol–water partition coefficient (Wildman–Crippen LogP) is 4.90. The Morgan fingerprint density at radius 1 is 1.07 bits per heavy atom. The minimum Gasteiger partial charge on any atom is -0.461 e. The van der Waals surface area contributed by atoms with Crippen LogP contribution in [0.4, 0.5) is 10.2 Å². The van der Waals surface area contributed by atoms with Gasteiger partial charge in [0.05, 0.1) is 22.6 Å². The highest BCUT2D eigenvalue weighted by Crippen LogP contribution is 2.41. The van der Waals surface area contributed by atoms with Gasteiger partial charge < -0.3 is 14.5 Å². The molecule has 0 amide bonds. The Bertz CT molecular complexity index is 1630. The van der Waals surface area contributed by atoms with Gasteiger partial charge in [0, 0.05) is 41.3 Å². The van der Waals surface area contributed by atoms with E-state index in [1.807, 2.05) is 0 Å². The fourth-order valence-electron chi connectivity index (χ4n) is 7.93. The van der Waals surface area contributed by atoms with Crippen LogP contribution in [0.5, 0.6) is 6.01 Å². The Morgan fingerprint density at radius 2 is 1.90 bits per heavy atom. The predicted molar refractivity (Wildman–Crippen MR) is 157 cm³/mol. The monoisotopic (exact) mass is 576 g/mol. The first-order valence-electron chi connectivity index (χ1n) is 14.8. The smallest absolute Gasteiger partial charge is 0.319 e. The van der Waals surface area contributed by atoms with E-state index in [-0.39, 0.29) is 22.8 Å². The average Bonchev–Trinajstić information content (AvgIpc) is 3.76. The summed E-state index contributed by atoms with van der Waals surface area (Å²) in [4.78, 5) is 21.5. The van der Waals surface area contributed by atoms with Gasteiger partial charge in [-0.3, -0.25) is 15.0 Å². The zero-order chi connectivity index (χ0) is 27.7. The molecule has 9 nitrogen and oxygen atoms in total. The van der Waals surface area contributed by atoms with E-state index in [0.29, 0.717) is 40.4 Å². The molecule has 1 N–H and O–H groups in total. The summed E-state index contributed by atoms with van der Waals surface area (Å²) in [5.74, 6) is 0.889. The molecule has 4 fully saturated rings. The summed E-state index contributed by atoms with van der Waals surface area (Å²) >= 11 is 6.40. The van der Waals surface area contributed by atoms with Crippen LogP contribution < -0.4 is 9.64 Å². The number of ether oxygens (including phenoxy) is 1. The van der Waals surface area contributed by atoms with Crippen molar-refractivity contribution >= 4 is 39.2 Å². The molecule has 3 aromatic heterocycles. The minimum absolute atomic E-state index is 0.0407. The molecule has 2 atom stereocenters. The third-order valence-electron chi connectivity index (χ3n) is 10.1. The zero-order valence-corrected chi connectivity index (χ0v) is 24.0. The average molecular weight is 577 g/mol. The molecule has 1 aromatic carbocycles. The van der Waals surface area contributed by atoms with Crippen molar-refractivity contribution in [3.8, 4) is 17.3 Å². The summed E-state index contributed by atoms with van der Waals surface area (Å²) in [6.07, 6.45) is 10.3. The van der Waals surface area contributed by atoms with Crippen molar-refractivity contribution in [1.29, 1.82) is 0 Å². The van der Waals surface area contributed by atoms with Gasteiger partial charge in [-0.2, -0.15) is 15.1 Å². The molecule has 41 heavy (non-hydrogen) atoms. The number of pyridine rings is 1. The molecule has 0 radical (unpaired) electrons. The summed E-state index contributed by atoms with van der Waals surface area (Å²) in [7, 11) is 2.20. The van der Waals surface area contributed by atoms with Crippen LogP contribution in [0.1, 0.15) is 38.5 Å². The third-order valence-corrected chi connectivity index (χ3v) is 10.4. The SMILES string of the molecule is CN1CCC2CCN(c3nc(OCC45CCCN4CCC5)nc4c(F)c(-c5cc(Cl)cc6[nH]ncc56)ncc34)CC21. The number of nitrogens with one attached hydrogen (secondary N) is 1. The van der Waals surface area contributed by atoms with Crippen molar-refractivity contribution < 1.29 is 9.13 Å². The maximum Gasteiger partial charge on any atom is 0.319 e. The first kappa shape index (κ1) is 25.6. The lowest BCUT2D eigenvalue weighted by molar-refractivity contribution is 0.108. The summed E-state index contributed by atoms with van der Waals surface area (Å²) in [5.41, 5.74) is 1.75. The van der Waals surface area contributed by atoms with Crippen molar-refractivity contribution in [3.63, 3.8) is 0 Å². The topological polar surface area (TPSA) is 86.3 Å². The second-order valence-corrected chi connectivity index (χ2v) is 12.8. The number of benzene rings is 1. The fourth-order valence-corrected chi connectivity index (χ4v) is 8.15. The first-order chi connectivity index (χ1) is 20.0. The molecule has 4 aromatic rings. The van der Waals surface area contributed by atoms with E-state index in [2.05, 4.69) is 36.9 Å². The molecular weight excluding hydrogens is 543 g/mol. The number of H-pyrrole nitrogens is 1. The molecule has 0 bridgehead atoms. The van der Waals surface area contributed by atoms with Gasteiger partial charge in [0.25, 0.3) is 0 Å². The molecule has 8 rings (SSSR count). The molecule has 0 aliphatic carbocycles. The van der Waals surface area contributed by atoms with E-state index in [0.717, 1.165) is 62.9 Å². The van der Waals surface area contributed by atoms with E-state index < -0.39 is 5.82 Å². The largest absolute Gasteiger partial charge is 0.461 e. The molecule has 214 valence electrons. The number of halogens is 2. The van der Waals surface area contributed by atoms with Gasteiger partial charge in [-0.25, -0.2) is 4.39 Å². The van der Waals surface area contributed by atoms with Gasteiger partial charge in [-0.15, -0.1) is 0 Å². The van der Waals surface area contributed by atoms with E-state index in [1.54, 1.807) is 24.5 Å². The van der Waals surface area contributed by atoms with Crippen LogP contribution in [0.25, 0.3) is 33.1 Å². The number of aromatic nitrogens is 5. The summed E-state index contributed by atoms with van der Waals surface area (Å²) in [5, 5.41) is 8.89. The number of aromatic amines is 1. The van der Waals surface area contributed by atoms with Crippen LogP contribution in [-0.4, -0.2) is 92.9 Å². The summed E-state index contributed by atoms with van der Waals surface area (Å²) in [6.45, 7) is 5.58. The molecule has 11 heteroatoms.